The Hall–Kier alpha value is -0.670. The highest BCUT2D eigenvalue weighted by atomic mass is 19.1. The maximum absolute atomic E-state index is 11.9. The van der Waals surface area contributed by atoms with E-state index in [1.165, 1.54) is 51.0 Å². The van der Waals surface area contributed by atoms with Gasteiger partial charge in [0.15, 0.2) is 0 Å². The highest BCUT2D eigenvalue weighted by Crippen LogP contribution is 2.21. The molecule has 116 valence electrons. The topological polar surface area (TPSA) is 35.2 Å². The lowest BCUT2D eigenvalue weighted by atomic mass is 9.91. The molecule has 0 atom stereocenters. The van der Waals surface area contributed by atoms with Crippen LogP contribution in [0.5, 0.6) is 0 Å². The maximum atomic E-state index is 11.9. The summed E-state index contributed by atoms with van der Waals surface area (Å²) in [7, 11) is 0. The third-order valence-electron chi connectivity index (χ3n) is 4.00. The molecular formula is C17H30FNO. The molecule has 1 aliphatic heterocycles. The van der Waals surface area contributed by atoms with Gasteiger partial charge in [-0.15, -0.1) is 0 Å². The summed E-state index contributed by atoms with van der Waals surface area (Å²) in [6.07, 6.45) is 14.1. The van der Waals surface area contributed by atoms with Crippen LogP contribution in [0.15, 0.2) is 24.6 Å². The van der Waals surface area contributed by atoms with Gasteiger partial charge in [-0.05, 0) is 25.3 Å². The summed E-state index contributed by atoms with van der Waals surface area (Å²) in [4.78, 5) is 0. The van der Waals surface area contributed by atoms with E-state index in [9.17, 15) is 4.39 Å². The molecule has 0 aliphatic carbocycles. The van der Waals surface area contributed by atoms with E-state index in [0.717, 1.165) is 38.0 Å². The summed E-state index contributed by atoms with van der Waals surface area (Å²) in [5, 5.41) is 0. The van der Waals surface area contributed by atoms with Crippen LogP contribution in [-0.4, -0.2) is 18.8 Å². The first-order chi connectivity index (χ1) is 9.66. The second-order valence-electron chi connectivity index (χ2n) is 6.13. The molecule has 20 heavy (non-hydrogen) atoms. The normalized spacial score (nSPS) is 17.3. The number of nitrogens with two attached hydrogens (primary N) is 1. The van der Waals surface area contributed by atoms with Crippen molar-refractivity contribution in [1.29, 1.82) is 0 Å². The van der Waals surface area contributed by atoms with Gasteiger partial charge < -0.3 is 10.5 Å². The van der Waals surface area contributed by atoms with Crippen molar-refractivity contribution in [3.05, 3.63) is 24.6 Å². The minimum atomic E-state index is -0.00352. The molecule has 1 saturated heterocycles. The molecule has 1 heterocycles. The van der Waals surface area contributed by atoms with E-state index < -0.39 is 0 Å². The summed E-state index contributed by atoms with van der Waals surface area (Å²) in [5.41, 5.74) is 6.97. The Labute approximate surface area is 123 Å². The molecule has 3 heteroatoms. The monoisotopic (exact) mass is 283 g/mol. The van der Waals surface area contributed by atoms with Crippen molar-refractivity contribution in [2.45, 2.75) is 69.7 Å². The van der Waals surface area contributed by atoms with Gasteiger partial charge in [-0.2, -0.15) is 0 Å². The smallest absolute Gasteiger partial charge is 0.0869 e. The zero-order valence-electron chi connectivity index (χ0n) is 12.7. The molecule has 0 radical (unpaired) electrons. The molecule has 1 rings (SSSR count). The summed E-state index contributed by atoms with van der Waals surface area (Å²) in [5.74, 6) is 0. The fourth-order valence-electron chi connectivity index (χ4n) is 2.57. The highest BCUT2D eigenvalue weighted by Gasteiger charge is 2.32. The molecule has 2 nitrogen and oxygen atoms in total. The van der Waals surface area contributed by atoms with Crippen molar-refractivity contribution in [1.82, 2.24) is 0 Å². The standard InChI is InChI=1S/C17H30FNO/c1-16(11-13-18)10-8-6-4-2-3-5-7-9-12-17(19)14-20-15-17/h11,13H,1-10,12,14-15,19H2/b13-11+. The van der Waals surface area contributed by atoms with Crippen LogP contribution < -0.4 is 5.73 Å². The van der Waals surface area contributed by atoms with E-state index in [1.54, 1.807) is 0 Å². The van der Waals surface area contributed by atoms with Crippen molar-refractivity contribution in [2.24, 2.45) is 5.73 Å². The van der Waals surface area contributed by atoms with Gasteiger partial charge in [-0.3, -0.25) is 0 Å². The Morgan fingerprint density at radius 2 is 1.60 bits per heavy atom. The van der Waals surface area contributed by atoms with Gasteiger partial charge in [0.1, 0.15) is 0 Å². The molecule has 0 aromatic heterocycles. The van der Waals surface area contributed by atoms with E-state index >= 15 is 0 Å². The quantitative estimate of drug-likeness (QED) is 0.418. The van der Waals surface area contributed by atoms with Crippen molar-refractivity contribution in [3.8, 4) is 0 Å². The number of allylic oxidation sites excluding steroid dienone is 2. The fourth-order valence-corrected chi connectivity index (χ4v) is 2.57. The molecular weight excluding hydrogens is 253 g/mol. The van der Waals surface area contributed by atoms with Gasteiger partial charge >= 0.3 is 0 Å². The molecule has 2 N–H and O–H groups in total. The van der Waals surface area contributed by atoms with Gasteiger partial charge in [-0.1, -0.05) is 57.1 Å². The lowest BCUT2D eigenvalue weighted by molar-refractivity contribution is -0.0582. The second-order valence-corrected chi connectivity index (χ2v) is 6.13. The first-order valence-electron chi connectivity index (χ1n) is 7.97. The van der Waals surface area contributed by atoms with Gasteiger partial charge in [0.05, 0.1) is 25.1 Å². The average Bonchev–Trinajstić information content (AvgIpc) is 2.39. The number of hydrogen-bond acceptors (Lipinski definition) is 2. The Morgan fingerprint density at radius 1 is 1.05 bits per heavy atom. The van der Waals surface area contributed by atoms with Crippen LogP contribution in [0.1, 0.15) is 64.2 Å². The summed E-state index contributed by atoms with van der Waals surface area (Å²) >= 11 is 0. The zero-order chi connectivity index (χ0) is 14.7. The second kappa shape index (κ2) is 10.1. The average molecular weight is 283 g/mol. The zero-order valence-corrected chi connectivity index (χ0v) is 12.7. The molecule has 0 aromatic rings. The predicted octanol–water partition coefficient (Wildman–Crippen LogP) is 4.65. The molecule has 0 amide bonds. The van der Waals surface area contributed by atoms with E-state index in [2.05, 4.69) is 6.58 Å². The van der Waals surface area contributed by atoms with Gasteiger partial charge in [0.2, 0.25) is 0 Å². The predicted molar refractivity (Wildman–Crippen MR) is 83.3 cm³/mol. The highest BCUT2D eigenvalue weighted by molar-refractivity contribution is 5.11. The van der Waals surface area contributed by atoms with Crippen molar-refractivity contribution in [3.63, 3.8) is 0 Å². The Morgan fingerprint density at radius 3 is 2.10 bits per heavy atom. The van der Waals surface area contributed by atoms with E-state index in [1.807, 2.05) is 0 Å². The summed E-state index contributed by atoms with van der Waals surface area (Å²) in [6, 6.07) is 0. The lowest BCUT2D eigenvalue weighted by Gasteiger charge is -2.37. The van der Waals surface area contributed by atoms with Gasteiger partial charge in [0.25, 0.3) is 0 Å². The Balaban J connectivity index is 1.77. The van der Waals surface area contributed by atoms with Crippen molar-refractivity contribution in [2.75, 3.05) is 13.2 Å². The number of rotatable bonds is 12. The van der Waals surface area contributed by atoms with Crippen LogP contribution in [0.3, 0.4) is 0 Å². The molecule has 0 bridgehead atoms. The minimum Gasteiger partial charge on any atom is -0.377 e. The molecule has 0 aromatic carbocycles. The lowest BCUT2D eigenvalue weighted by Crippen LogP contribution is -2.57. The SMILES string of the molecule is C=C(/C=C/F)CCCCCCCCCCC1(N)COC1. The van der Waals surface area contributed by atoms with Crippen LogP contribution in [0.2, 0.25) is 0 Å². The van der Waals surface area contributed by atoms with Crippen LogP contribution >= 0.6 is 0 Å². The third kappa shape index (κ3) is 7.81. The number of unbranched alkanes of at least 4 members (excludes halogenated alkanes) is 7. The van der Waals surface area contributed by atoms with Crippen LogP contribution in [0.25, 0.3) is 0 Å². The fraction of sp³-hybridized carbons (Fsp3) is 0.765. The Bertz CT molecular complexity index is 297. The summed E-state index contributed by atoms with van der Waals surface area (Å²) < 4.78 is 17.0. The largest absolute Gasteiger partial charge is 0.377 e. The van der Waals surface area contributed by atoms with Gasteiger partial charge in [0, 0.05) is 0 Å². The third-order valence-corrected chi connectivity index (χ3v) is 4.00. The van der Waals surface area contributed by atoms with E-state index in [4.69, 9.17) is 10.5 Å². The molecule has 1 fully saturated rings. The number of halogens is 1. The van der Waals surface area contributed by atoms with Crippen molar-refractivity contribution < 1.29 is 9.13 Å². The molecule has 0 saturated carbocycles. The molecule has 0 spiro atoms. The van der Waals surface area contributed by atoms with Crippen LogP contribution in [-0.2, 0) is 4.74 Å². The number of hydrogen-bond donors (Lipinski definition) is 1. The van der Waals surface area contributed by atoms with Crippen LogP contribution in [0, 0.1) is 0 Å². The van der Waals surface area contributed by atoms with E-state index in [-0.39, 0.29) is 5.54 Å². The first-order valence-corrected chi connectivity index (χ1v) is 7.97. The Kier molecular flexibility index (Phi) is 8.79. The molecule has 0 unspecified atom stereocenters. The van der Waals surface area contributed by atoms with Crippen LogP contribution in [0.4, 0.5) is 4.39 Å². The van der Waals surface area contributed by atoms with Gasteiger partial charge in [-0.25, -0.2) is 4.39 Å². The maximum Gasteiger partial charge on any atom is 0.0869 e. The number of ether oxygens (including phenoxy) is 1. The molecule has 1 aliphatic rings. The first kappa shape index (κ1) is 17.4. The van der Waals surface area contributed by atoms with E-state index in [0.29, 0.717) is 6.33 Å². The van der Waals surface area contributed by atoms with Crippen molar-refractivity contribution >= 4 is 0 Å². The minimum absolute atomic E-state index is 0.00352. The summed E-state index contributed by atoms with van der Waals surface area (Å²) in [6.45, 7) is 5.29.